The van der Waals surface area contributed by atoms with E-state index in [0.29, 0.717) is 29.5 Å². The van der Waals surface area contributed by atoms with Crippen molar-refractivity contribution in [1.82, 2.24) is 19.5 Å². The molecule has 1 saturated heterocycles. The molecule has 1 amide bonds. The molecule has 11 heteroatoms. The average Bonchev–Trinajstić information content (AvgIpc) is 3.07. The van der Waals surface area contributed by atoms with Crippen molar-refractivity contribution in [2.45, 2.75) is 36.2 Å². The Morgan fingerprint density at radius 1 is 1.33 bits per heavy atom. The van der Waals surface area contributed by atoms with Crippen LogP contribution >= 0.6 is 11.8 Å². The van der Waals surface area contributed by atoms with Crippen LogP contribution in [0.25, 0.3) is 0 Å². The Hall–Kier alpha value is -2.11. The molecule has 1 aliphatic heterocycles. The van der Waals surface area contributed by atoms with Crippen LogP contribution in [0.3, 0.4) is 0 Å². The molecule has 0 bridgehead atoms. The fraction of sp³-hybridized carbons (Fsp3) is 0.438. The Morgan fingerprint density at radius 3 is 2.74 bits per heavy atom. The first-order valence-corrected chi connectivity index (χ1v) is 11.0. The Labute approximate surface area is 162 Å². The van der Waals surface area contributed by atoms with Crippen molar-refractivity contribution in [3.8, 4) is 0 Å². The first-order valence-electron chi connectivity index (χ1n) is 8.57. The van der Waals surface area contributed by atoms with Crippen LogP contribution in [0.1, 0.15) is 24.8 Å². The second-order valence-electron chi connectivity index (χ2n) is 6.29. The van der Waals surface area contributed by atoms with E-state index in [4.69, 9.17) is 5.73 Å². The van der Waals surface area contributed by atoms with E-state index in [1.807, 2.05) is 0 Å². The minimum atomic E-state index is -3.56. The van der Waals surface area contributed by atoms with E-state index in [1.54, 1.807) is 19.1 Å². The lowest BCUT2D eigenvalue weighted by atomic mass is 10.2. The second kappa shape index (κ2) is 8.28. The summed E-state index contributed by atoms with van der Waals surface area (Å²) in [6.45, 7) is 2.83. The van der Waals surface area contributed by atoms with Crippen molar-refractivity contribution in [2.75, 3.05) is 29.9 Å². The number of aromatic amines is 1. The van der Waals surface area contributed by atoms with E-state index in [-0.39, 0.29) is 22.5 Å². The van der Waals surface area contributed by atoms with E-state index >= 15 is 0 Å². The molecule has 27 heavy (non-hydrogen) atoms. The van der Waals surface area contributed by atoms with Crippen LogP contribution in [0.15, 0.2) is 28.3 Å². The lowest BCUT2D eigenvalue weighted by molar-refractivity contribution is -0.113. The molecule has 2 aromatic rings. The third-order valence-electron chi connectivity index (χ3n) is 4.22. The SMILES string of the molecule is Cc1ccc(NC(=O)CSc2n[nH]c(N)n2)cc1S(=O)(=O)N1CCCCC1. The first-order chi connectivity index (χ1) is 12.9. The van der Waals surface area contributed by atoms with Gasteiger partial charge in [-0.15, -0.1) is 5.10 Å². The van der Waals surface area contributed by atoms with Crippen molar-refractivity contribution in [3.05, 3.63) is 23.8 Å². The normalized spacial score (nSPS) is 15.6. The molecule has 0 atom stereocenters. The molecule has 4 N–H and O–H groups in total. The summed E-state index contributed by atoms with van der Waals surface area (Å²) < 4.78 is 27.4. The summed E-state index contributed by atoms with van der Waals surface area (Å²) in [5.41, 5.74) is 6.54. The van der Waals surface area contributed by atoms with Crippen LogP contribution in [0.4, 0.5) is 11.6 Å². The number of anilines is 2. The molecule has 0 unspecified atom stereocenters. The van der Waals surface area contributed by atoms with Crippen molar-refractivity contribution >= 4 is 39.3 Å². The number of aromatic nitrogens is 3. The van der Waals surface area contributed by atoms with Crippen LogP contribution < -0.4 is 11.1 Å². The zero-order valence-electron chi connectivity index (χ0n) is 14.9. The summed E-state index contributed by atoms with van der Waals surface area (Å²) in [5, 5.41) is 9.43. The van der Waals surface area contributed by atoms with E-state index in [1.165, 1.54) is 10.4 Å². The first kappa shape index (κ1) is 19.6. The quantitative estimate of drug-likeness (QED) is 0.616. The maximum Gasteiger partial charge on any atom is 0.243 e. The number of rotatable bonds is 6. The van der Waals surface area contributed by atoms with Crippen LogP contribution in [-0.2, 0) is 14.8 Å². The number of aryl methyl sites for hydroxylation is 1. The van der Waals surface area contributed by atoms with Gasteiger partial charge < -0.3 is 11.1 Å². The summed E-state index contributed by atoms with van der Waals surface area (Å²) >= 11 is 1.13. The maximum atomic E-state index is 12.9. The maximum absolute atomic E-state index is 12.9. The number of benzene rings is 1. The van der Waals surface area contributed by atoms with Gasteiger partial charge in [0.15, 0.2) is 0 Å². The van der Waals surface area contributed by atoms with E-state index in [0.717, 1.165) is 31.0 Å². The van der Waals surface area contributed by atoms with Gasteiger partial charge in [0.25, 0.3) is 0 Å². The predicted molar refractivity (Wildman–Crippen MR) is 104 cm³/mol. The average molecular weight is 411 g/mol. The Bertz CT molecular complexity index is 922. The molecule has 9 nitrogen and oxygen atoms in total. The topological polar surface area (TPSA) is 134 Å². The number of nitrogen functional groups attached to an aromatic ring is 1. The summed E-state index contributed by atoms with van der Waals surface area (Å²) in [6, 6.07) is 4.92. The number of H-pyrrole nitrogens is 1. The predicted octanol–water partition coefficient (Wildman–Crippen LogP) is 1.60. The van der Waals surface area contributed by atoms with Gasteiger partial charge in [-0.3, -0.25) is 4.79 Å². The zero-order valence-corrected chi connectivity index (χ0v) is 16.6. The van der Waals surface area contributed by atoms with Crippen LogP contribution in [0.2, 0.25) is 0 Å². The van der Waals surface area contributed by atoms with Gasteiger partial charge in [-0.25, -0.2) is 13.5 Å². The van der Waals surface area contributed by atoms with Crippen molar-refractivity contribution in [1.29, 1.82) is 0 Å². The largest absolute Gasteiger partial charge is 0.368 e. The molecule has 3 rings (SSSR count). The van der Waals surface area contributed by atoms with E-state index < -0.39 is 10.0 Å². The molecule has 146 valence electrons. The monoisotopic (exact) mass is 410 g/mol. The van der Waals surface area contributed by atoms with Crippen LogP contribution in [-0.4, -0.2) is 52.7 Å². The van der Waals surface area contributed by atoms with Crippen LogP contribution in [0.5, 0.6) is 0 Å². The lowest BCUT2D eigenvalue weighted by Gasteiger charge is -2.26. The number of hydrogen-bond donors (Lipinski definition) is 3. The fourth-order valence-corrected chi connectivity index (χ4v) is 5.22. The third kappa shape index (κ3) is 4.79. The molecule has 0 aliphatic carbocycles. The standard InChI is InChI=1S/C16H22N6O3S2/c1-11-5-6-12(18-14(23)10-26-16-19-15(17)20-21-16)9-13(11)27(24,25)22-7-3-2-4-8-22/h5-6,9H,2-4,7-8,10H2,1H3,(H,18,23)(H3,17,19,20,21). The minimum Gasteiger partial charge on any atom is -0.368 e. The smallest absolute Gasteiger partial charge is 0.243 e. The van der Waals surface area contributed by atoms with Crippen molar-refractivity contribution < 1.29 is 13.2 Å². The molecule has 0 radical (unpaired) electrons. The Morgan fingerprint density at radius 2 is 2.07 bits per heavy atom. The number of thioether (sulfide) groups is 1. The molecule has 0 spiro atoms. The number of piperidine rings is 1. The molecular weight excluding hydrogens is 388 g/mol. The van der Waals surface area contributed by atoms with E-state index in [9.17, 15) is 13.2 Å². The molecule has 1 fully saturated rings. The molecule has 2 heterocycles. The molecule has 1 aromatic heterocycles. The second-order valence-corrected chi connectivity index (χ2v) is 9.13. The van der Waals surface area contributed by atoms with Crippen molar-refractivity contribution in [2.24, 2.45) is 0 Å². The Kier molecular flexibility index (Phi) is 6.02. The molecular formula is C16H22N6O3S2. The number of amides is 1. The molecule has 0 saturated carbocycles. The van der Waals surface area contributed by atoms with Gasteiger partial charge in [0, 0.05) is 18.8 Å². The minimum absolute atomic E-state index is 0.0827. The number of nitrogens with one attached hydrogen (secondary N) is 2. The lowest BCUT2D eigenvalue weighted by Crippen LogP contribution is -2.36. The Balaban J connectivity index is 1.69. The van der Waals surface area contributed by atoms with Gasteiger partial charge in [-0.05, 0) is 37.5 Å². The number of nitrogens with two attached hydrogens (primary N) is 1. The van der Waals surface area contributed by atoms with Crippen molar-refractivity contribution in [3.63, 3.8) is 0 Å². The number of carbonyl (C=O) groups excluding carboxylic acids is 1. The number of carbonyl (C=O) groups is 1. The molecule has 1 aromatic carbocycles. The van der Waals surface area contributed by atoms with Crippen LogP contribution in [0, 0.1) is 6.92 Å². The number of nitrogens with zero attached hydrogens (tertiary/aromatic N) is 3. The van der Waals surface area contributed by atoms with Gasteiger partial charge in [0.05, 0.1) is 10.6 Å². The van der Waals surface area contributed by atoms with E-state index in [2.05, 4.69) is 20.5 Å². The highest BCUT2D eigenvalue weighted by Gasteiger charge is 2.27. The fourth-order valence-electron chi connectivity index (χ4n) is 2.85. The summed E-state index contributed by atoms with van der Waals surface area (Å²) in [6.07, 6.45) is 2.80. The number of sulfonamides is 1. The van der Waals surface area contributed by atoms with Gasteiger partial charge in [0.2, 0.25) is 27.0 Å². The number of hydrogen-bond acceptors (Lipinski definition) is 7. The zero-order chi connectivity index (χ0) is 19.4. The summed E-state index contributed by atoms with van der Waals surface area (Å²) in [5.74, 6) is -0.0168. The summed E-state index contributed by atoms with van der Waals surface area (Å²) in [4.78, 5) is 16.3. The molecule has 1 aliphatic rings. The van der Waals surface area contributed by atoms with Gasteiger partial charge in [-0.2, -0.15) is 9.29 Å². The highest BCUT2D eigenvalue weighted by Crippen LogP contribution is 2.26. The highest BCUT2D eigenvalue weighted by molar-refractivity contribution is 7.99. The van der Waals surface area contributed by atoms with Gasteiger partial charge >= 0.3 is 0 Å². The third-order valence-corrected chi connectivity index (χ3v) is 7.11. The van der Waals surface area contributed by atoms with Gasteiger partial charge in [0.1, 0.15) is 0 Å². The highest BCUT2D eigenvalue weighted by atomic mass is 32.2. The summed E-state index contributed by atoms with van der Waals surface area (Å²) in [7, 11) is -3.56. The van der Waals surface area contributed by atoms with Gasteiger partial charge in [-0.1, -0.05) is 24.2 Å².